The molecule has 0 bridgehead atoms. The smallest absolute Gasteiger partial charge is 0.336 e. The molecule has 0 heterocycles. The lowest BCUT2D eigenvalue weighted by molar-refractivity contribution is -0.189. The average molecular weight is 226 g/mol. The number of hydrogen-bond acceptors (Lipinski definition) is 2. The second-order valence-corrected chi connectivity index (χ2v) is 5.37. The fourth-order valence-electron chi connectivity index (χ4n) is 3.16. The summed E-state index contributed by atoms with van der Waals surface area (Å²) in [7, 11) is 0. The van der Waals surface area contributed by atoms with E-state index in [9.17, 15) is 9.90 Å². The van der Waals surface area contributed by atoms with E-state index in [0.717, 1.165) is 32.1 Å². The highest BCUT2D eigenvalue weighted by Gasteiger charge is 2.48. The lowest BCUT2D eigenvalue weighted by atomic mass is 9.76. The SMILES string of the molecule is CC1CCCCC1(OC1CCCC1)C(=O)O. The van der Waals surface area contributed by atoms with Crippen LogP contribution in [0, 0.1) is 5.92 Å². The fraction of sp³-hybridized carbons (Fsp3) is 0.923. The van der Waals surface area contributed by atoms with Crippen LogP contribution in [0.25, 0.3) is 0 Å². The molecule has 2 unspecified atom stereocenters. The molecule has 2 saturated carbocycles. The first-order chi connectivity index (χ1) is 7.65. The molecule has 0 radical (unpaired) electrons. The summed E-state index contributed by atoms with van der Waals surface area (Å²) in [6.07, 6.45) is 8.47. The van der Waals surface area contributed by atoms with Gasteiger partial charge in [0.1, 0.15) is 0 Å². The molecule has 0 aromatic heterocycles. The van der Waals surface area contributed by atoms with Crippen molar-refractivity contribution in [1.29, 1.82) is 0 Å². The second kappa shape index (κ2) is 4.74. The molecular weight excluding hydrogens is 204 g/mol. The van der Waals surface area contributed by atoms with Crippen LogP contribution in [0.3, 0.4) is 0 Å². The molecule has 1 N–H and O–H groups in total. The molecule has 2 atom stereocenters. The highest BCUT2D eigenvalue weighted by Crippen LogP contribution is 2.40. The molecule has 0 aliphatic heterocycles. The lowest BCUT2D eigenvalue weighted by Crippen LogP contribution is -2.51. The van der Waals surface area contributed by atoms with Crippen molar-refractivity contribution in [2.24, 2.45) is 5.92 Å². The van der Waals surface area contributed by atoms with E-state index in [2.05, 4.69) is 0 Å². The van der Waals surface area contributed by atoms with Crippen molar-refractivity contribution in [2.75, 3.05) is 0 Å². The molecule has 0 aromatic carbocycles. The summed E-state index contributed by atoms with van der Waals surface area (Å²) in [6.45, 7) is 2.03. The van der Waals surface area contributed by atoms with Crippen LogP contribution in [0.2, 0.25) is 0 Å². The summed E-state index contributed by atoms with van der Waals surface area (Å²) in [5.74, 6) is -0.592. The number of carboxylic acids is 1. The molecule has 0 amide bonds. The summed E-state index contributed by atoms with van der Waals surface area (Å²) in [6, 6.07) is 0. The number of rotatable bonds is 3. The number of hydrogen-bond donors (Lipinski definition) is 1. The van der Waals surface area contributed by atoms with E-state index in [-0.39, 0.29) is 12.0 Å². The molecule has 16 heavy (non-hydrogen) atoms. The highest BCUT2D eigenvalue weighted by atomic mass is 16.5. The largest absolute Gasteiger partial charge is 0.479 e. The molecule has 3 heteroatoms. The summed E-state index contributed by atoms with van der Waals surface area (Å²) < 4.78 is 6.01. The van der Waals surface area contributed by atoms with Crippen LogP contribution < -0.4 is 0 Å². The molecule has 0 spiro atoms. The molecule has 0 saturated heterocycles. The summed E-state index contributed by atoms with van der Waals surface area (Å²) in [5.41, 5.74) is -0.882. The van der Waals surface area contributed by atoms with Gasteiger partial charge in [-0.1, -0.05) is 26.2 Å². The quantitative estimate of drug-likeness (QED) is 0.804. The van der Waals surface area contributed by atoms with E-state index < -0.39 is 11.6 Å². The van der Waals surface area contributed by atoms with Gasteiger partial charge in [-0.2, -0.15) is 0 Å². The Kier molecular flexibility index (Phi) is 3.53. The van der Waals surface area contributed by atoms with Crippen molar-refractivity contribution in [2.45, 2.75) is 70.0 Å². The van der Waals surface area contributed by atoms with Crippen molar-refractivity contribution >= 4 is 5.97 Å². The minimum atomic E-state index is -0.882. The van der Waals surface area contributed by atoms with E-state index in [1.54, 1.807) is 0 Å². The molecule has 2 aliphatic rings. The fourth-order valence-corrected chi connectivity index (χ4v) is 3.16. The molecule has 2 fully saturated rings. The van der Waals surface area contributed by atoms with Gasteiger partial charge in [0.15, 0.2) is 5.60 Å². The monoisotopic (exact) mass is 226 g/mol. The third kappa shape index (κ3) is 2.10. The number of carbonyl (C=O) groups is 1. The Hall–Kier alpha value is -0.570. The zero-order chi connectivity index (χ0) is 11.6. The first-order valence-electron chi connectivity index (χ1n) is 6.56. The number of carboxylic acid groups (broad SMARTS) is 1. The van der Waals surface area contributed by atoms with Crippen molar-refractivity contribution < 1.29 is 14.6 Å². The summed E-state index contributed by atoms with van der Waals surface area (Å²) >= 11 is 0. The normalized spacial score (nSPS) is 36.4. The van der Waals surface area contributed by atoms with Crippen LogP contribution in [0.1, 0.15) is 58.3 Å². The lowest BCUT2D eigenvalue weighted by Gasteiger charge is -2.40. The maximum atomic E-state index is 11.5. The van der Waals surface area contributed by atoms with Crippen molar-refractivity contribution in [1.82, 2.24) is 0 Å². The van der Waals surface area contributed by atoms with Crippen molar-refractivity contribution in [3.8, 4) is 0 Å². The highest BCUT2D eigenvalue weighted by molar-refractivity contribution is 5.78. The molecule has 2 rings (SSSR count). The molecule has 3 nitrogen and oxygen atoms in total. The Bertz CT molecular complexity index is 258. The van der Waals surface area contributed by atoms with Gasteiger partial charge in [0.05, 0.1) is 6.10 Å². The van der Waals surface area contributed by atoms with Gasteiger partial charge >= 0.3 is 5.97 Å². The predicted molar refractivity (Wildman–Crippen MR) is 61.3 cm³/mol. The van der Waals surface area contributed by atoms with Gasteiger partial charge in [-0.25, -0.2) is 4.79 Å². The van der Waals surface area contributed by atoms with Crippen LogP contribution in [-0.4, -0.2) is 22.8 Å². The maximum Gasteiger partial charge on any atom is 0.336 e. The van der Waals surface area contributed by atoms with Gasteiger partial charge in [-0.05, 0) is 38.0 Å². The number of aliphatic carboxylic acids is 1. The predicted octanol–water partition coefficient (Wildman–Crippen LogP) is 2.98. The van der Waals surface area contributed by atoms with E-state index in [0.29, 0.717) is 6.42 Å². The van der Waals surface area contributed by atoms with Gasteiger partial charge in [0, 0.05) is 0 Å². The van der Waals surface area contributed by atoms with Gasteiger partial charge in [0.25, 0.3) is 0 Å². The van der Waals surface area contributed by atoms with Crippen LogP contribution in [0.4, 0.5) is 0 Å². The first kappa shape index (κ1) is 11.9. The van der Waals surface area contributed by atoms with Crippen LogP contribution in [0.15, 0.2) is 0 Å². The Morgan fingerprint density at radius 3 is 2.38 bits per heavy atom. The molecule has 2 aliphatic carbocycles. The van der Waals surface area contributed by atoms with E-state index >= 15 is 0 Å². The van der Waals surface area contributed by atoms with Gasteiger partial charge < -0.3 is 9.84 Å². The van der Waals surface area contributed by atoms with Crippen molar-refractivity contribution in [3.05, 3.63) is 0 Å². The Labute approximate surface area is 97.2 Å². The molecular formula is C13H22O3. The topological polar surface area (TPSA) is 46.5 Å². The third-order valence-corrected chi connectivity index (χ3v) is 4.27. The van der Waals surface area contributed by atoms with E-state index in [4.69, 9.17) is 4.74 Å². The summed E-state index contributed by atoms with van der Waals surface area (Å²) in [5, 5.41) is 9.49. The van der Waals surface area contributed by atoms with Gasteiger partial charge in [-0.3, -0.25) is 0 Å². The zero-order valence-electron chi connectivity index (χ0n) is 10.1. The van der Waals surface area contributed by atoms with Gasteiger partial charge in [0.2, 0.25) is 0 Å². The molecule has 92 valence electrons. The Balaban J connectivity index is 2.10. The van der Waals surface area contributed by atoms with Crippen molar-refractivity contribution in [3.63, 3.8) is 0 Å². The van der Waals surface area contributed by atoms with E-state index in [1.165, 1.54) is 12.8 Å². The van der Waals surface area contributed by atoms with Crippen LogP contribution in [-0.2, 0) is 9.53 Å². The number of ether oxygens (including phenoxy) is 1. The Morgan fingerprint density at radius 1 is 1.19 bits per heavy atom. The van der Waals surface area contributed by atoms with Crippen LogP contribution in [0.5, 0.6) is 0 Å². The zero-order valence-corrected chi connectivity index (χ0v) is 10.1. The second-order valence-electron chi connectivity index (χ2n) is 5.37. The minimum absolute atomic E-state index is 0.152. The standard InChI is InChI=1S/C13H22O3/c1-10-6-4-5-9-13(10,12(14)15)16-11-7-2-3-8-11/h10-11H,2-9H2,1H3,(H,14,15). The third-order valence-electron chi connectivity index (χ3n) is 4.27. The first-order valence-corrected chi connectivity index (χ1v) is 6.56. The maximum absolute atomic E-state index is 11.5. The van der Waals surface area contributed by atoms with Crippen LogP contribution >= 0.6 is 0 Å². The van der Waals surface area contributed by atoms with Gasteiger partial charge in [-0.15, -0.1) is 0 Å². The summed E-state index contributed by atoms with van der Waals surface area (Å²) in [4.78, 5) is 11.5. The Morgan fingerprint density at radius 2 is 1.81 bits per heavy atom. The average Bonchev–Trinajstić information content (AvgIpc) is 2.74. The minimum Gasteiger partial charge on any atom is -0.479 e. The van der Waals surface area contributed by atoms with E-state index in [1.807, 2.05) is 6.92 Å². The molecule has 0 aromatic rings.